The molecule has 0 unspecified atom stereocenters. The first-order chi connectivity index (χ1) is 7.94. The Morgan fingerprint density at radius 2 is 1.44 bits per heavy atom. The minimum atomic E-state index is -0.280. The molecule has 0 aromatic rings. The average molecular weight is 254 g/mol. The van der Waals surface area contributed by atoms with Crippen molar-refractivity contribution in [2.24, 2.45) is 5.41 Å². The van der Waals surface area contributed by atoms with Gasteiger partial charge in [0.1, 0.15) is 0 Å². The molecule has 0 N–H and O–H groups in total. The zero-order valence-corrected chi connectivity index (χ0v) is 13.4. The molecular formula is C15H30N2O. The van der Waals surface area contributed by atoms with E-state index in [1.165, 1.54) is 0 Å². The summed E-state index contributed by atoms with van der Waals surface area (Å²) >= 11 is 0. The monoisotopic (exact) mass is 254 g/mol. The zero-order valence-electron chi connectivity index (χ0n) is 13.4. The molecule has 1 heterocycles. The van der Waals surface area contributed by atoms with Gasteiger partial charge in [-0.25, -0.2) is 0 Å². The van der Waals surface area contributed by atoms with Crippen LogP contribution in [0.5, 0.6) is 0 Å². The Hall–Kier alpha value is -0.570. The molecule has 3 heteroatoms. The average Bonchev–Trinajstić information content (AvgIpc) is 2.16. The van der Waals surface area contributed by atoms with E-state index in [2.05, 4.69) is 44.4 Å². The molecule has 2 atom stereocenters. The third-order valence-electron chi connectivity index (χ3n) is 3.75. The van der Waals surface area contributed by atoms with E-state index in [9.17, 15) is 4.79 Å². The van der Waals surface area contributed by atoms with E-state index in [-0.39, 0.29) is 16.9 Å². The molecule has 1 aliphatic heterocycles. The van der Waals surface area contributed by atoms with Crippen LogP contribution in [-0.4, -0.2) is 46.4 Å². The number of rotatable bonds is 0. The lowest BCUT2D eigenvalue weighted by molar-refractivity contribution is -0.147. The van der Waals surface area contributed by atoms with Crippen LogP contribution in [0.4, 0.5) is 0 Å². The van der Waals surface area contributed by atoms with Gasteiger partial charge in [-0.05, 0) is 34.6 Å². The lowest BCUT2D eigenvalue weighted by atomic mass is 9.91. The van der Waals surface area contributed by atoms with E-state index in [1.807, 2.05) is 20.8 Å². The van der Waals surface area contributed by atoms with Gasteiger partial charge in [-0.1, -0.05) is 20.8 Å². The number of amides is 1. The van der Waals surface area contributed by atoms with Gasteiger partial charge >= 0.3 is 0 Å². The van der Waals surface area contributed by atoms with E-state index in [1.54, 1.807) is 0 Å². The van der Waals surface area contributed by atoms with E-state index in [0.29, 0.717) is 12.1 Å². The fourth-order valence-corrected chi connectivity index (χ4v) is 2.78. The molecule has 1 saturated heterocycles. The maximum atomic E-state index is 12.4. The molecule has 0 radical (unpaired) electrons. The van der Waals surface area contributed by atoms with Crippen LogP contribution in [-0.2, 0) is 4.79 Å². The molecular weight excluding hydrogens is 224 g/mol. The maximum Gasteiger partial charge on any atom is 0.228 e. The van der Waals surface area contributed by atoms with Crippen LogP contribution in [0.1, 0.15) is 55.4 Å². The molecule has 106 valence electrons. The van der Waals surface area contributed by atoms with Crippen molar-refractivity contribution in [2.75, 3.05) is 13.1 Å². The Balaban J connectivity index is 2.84. The molecule has 1 rings (SSSR count). The largest absolute Gasteiger partial charge is 0.337 e. The van der Waals surface area contributed by atoms with Crippen LogP contribution in [0.15, 0.2) is 0 Å². The molecule has 18 heavy (non-hydrogen) atoms. The zero-order chi connectivity index (χ0) is 14.3. The number of carbonyl (C=O) groups is 1. The van der Waals surface area contributed by atoms with Gasteiger partial charge in [0.05, 0.1) is 0 Å². The van der Waals surface area contributed by atoms with Crippen molar-refractivity contribution >= 4 is 5.91 Å². The number of hydrogen-bond donors (Lipinski definition) is 0. The summed E-state index contributed by atoms with van der Waals surface area (Å²) in [4.78, 5) is 17.0. The van der Waals surface area contributed by atoms with E-state index >= 15 is 0 Å². The Kier molecular flexibility index (Phi) is 4.16. The van der Waals surface area contributed by atoms with Gasteiger partial charge in [0.25, 0.3) is 0 Å². The minimum absolute atomic E-state index is 0.171. The second-order valence-electron chi connectivity index (χ2n) is 7.73. The summed E-state index contributed by atoms with van der Waals surface area (Å²) in [6, 6.07) is 0.722. The van der Waals surface area contributed by atoms with Crippen molar-refractivity contribution in [3.8, 4) is 0 Å². The lowest BCUT2D eigenvalue weighted by Gasteiger charge is -2.50. The van der Waals surface area contributed by atoms with Gasteiger partial charge in [-0.2, -0.15) is 0 Å². The second kappa shape index (κ2) is 4.84. The summed E-state index contributed by atoms with van der Waals surface area (Å²) in [5, 5.41) is 0. The summed E-state index contributed by atoms with van der Waals surface area (Å²) in [7, 11) is 0. The van der Waals surface area contributed by atoms with Gasteiger partial charge < -0.3 is 4.90 Å². The number of hydrogen-bond acceptors (Lipinski definition) is 2. The van der Waals surface area contributed by atoms with Crippen LogP contribution in [0.2, 0.25) is 0 Å². The van der Waals surface area contributed by atoms with Crippen molar-refractivity contribution in [1.29, 1.82) is 0 Å². The van der Waals surface area contributed by atoms with Gasteiger partial charge in [0.2, 0.25) is 5.91 Å². The number of piperazine rings is 1. The first-order valence-corrected chi connectivity index (χ1v) is 7.02. The minimum Gasteiger partial charge on any atom is -0.337 e. The van der Waals surface area contributed by atoms with Crippen molar-refractivity contribution in [1.82, 2.24) is 9.80 Å². The van der Waals surface area contributed by atoms with Crippen molar-refractivity contribution in [3.63, 3.8) is 0 Å². The third kappa shape index (κ3) is 3.25. The molecule has 3 nitrogen and oxygen atoms in total. The fourth-order valence-electron chi connectivity index (χ4n) is 2.78. The summed E-state index contributed by atoms with van der Waals surface area (Å²) in [5.74, 6) is 0.274. The molecule has 0 spiro atoms. The Labute approximate surface area is 113 Å². The number of carbonyl (C=O) groups excluding carboxylic acids is 1. The van der Waals surface area contributed by atoms with Crippen LogP contribution in [0, 0.1) is 5.41 Å². The summed E-state index contributed by atoms with van der Waals surface area (Å²) in [6.45, 7) is 18.9. The molecule has 0 aliphatic carbocycles. The van der Waals surface area contributed by atoms with E-state index < -0.39 is 0 Å². The standard InChI is InChI=1S/C15H30N2O/c1-11-10-17(15(6,7)8)12(2)9-16(11)13(18)14(3,4)5/h11-12H,9-10H2,1-8H3/t11-,12+/m0/s1. The topological polar surface area (TPSA) is 23.6 Å². The van der Waals surface area contributed by atoms with Crippen molar-refractivity contribution in [2.45, 2.75) is 73.0 Å². The Bertz CT molecular complexity index is 311. The molecule has 0 bridgehead atoms. The normalized spacial score (nSPS) is 27.4. The maximum absolute atomic E-state index is 12.4. The van der Waals surface area contributed by atoms with Crippen LogP contribution in [0.25, 0.3) is 0 Å². The van der Waals surface area contributed by atoms with Crippen molar-refractivity contribution < 1.29 is 4.79 Å². The summed E-state index contributed by atoms with van der Waals surface area (Å²) in [6.07, 6.45) is 0. The van der Waals surface area contributed by atoms with Crippen molar-refractivity contribution in [3.05, 3.63) is 0 Å². The third-order valence-corrected chi connectivity index (χ3v) is 3.75. The Morgan fingerprint density at radius 1 is 0.944 bits per heavy atom. The second-order valence-corrected chi connectivity index (χ2v) is 7.73. The predicted molar refractivity (Wildman–Crippen MR) is 76.6 cm³/mol. The highest BCUT2D eigenvalue weighted by molar-refractivity contribution is 5.82. The highest BCUT2D eigenvalue weighted by Crippen LogP contribution is 2.27. The van der Waals surface area contributed by atoms with Crippen LogP contribution in [0.3, 0.4) is 0 Å². The lowest BCUT2D eigenvalue weighted by Crippen LogP contribution is -2.63. The van der Waals surface area contributed by atoms with Crippen LogP contribution >= 0.6 is 0 Å². The fraction of sp³-hybridized carbons (Fsp3) is 0.933. The Morgan fingerprint density at radius 3 is 1.83 bits per heavy atom. The highest BCUT2D eigenvalue weighted by atomic mass is 16.2. The van der Waals surface area contributed by atoms with Crippen LogP contribution < -0.4 is 0 Å². The van der Waals surface area contributed by atoms with Gasteiger partial charge in [-0.3, -0.25) is 9.69 Å². The molecule has 1 fully saturated rings. The highest BCUT2D eigenvalue weighted by Gasteiger charge is 2.39. The molecule has 0 aromatic heterocycles. The smallest absolute Gasteiger partial charge is 0.228 e. The van der Waals surface area contributed by atoms with Gasteiger partial charge in [0.15, 0.2) is 0 Å². The van der Waals surface area contributed by atoms with Gasteiger partial charge in [0, 0.05) is 36.1 Å². The van der Waals surface area contributed by atoms with E-state index in [4.69, 9.17) is 0 Å². The predicted octanol–water partition coefficient (Wildman–Crippen LogP) is 2.75. The van der Waals surface area contributed by atoms with Gasteiger partial charge in [-0.15, -0.1) is 0 Å². The SMILES string of the molecule is C[C@@H]1CN(C(=O)C(C)(C)C)[C@@H](C)CN1C(C)(C)C. The molecule has 1 aliphatic rings. The number of nitrogens with zero attached hydrogens (tertiary/aromatic N) is 2. The molecule has 0 saturated carbocycles. The first-order valence-electron chi connectivity index (χ1n) is 7.02. The molecule has 1 amide bonds. The van der Waals surface area contributed by atoms with E-state index in [0.717, 1.165) is 13.1 Å². The summed E-state index contributed by atoms with van der Waals surface area (Å²) in [5.41, 5.74) is -0.109. The first kappa shape index (κ1) is 15.5. The summed E-state index contributed by atoms with van der Waals surface area (Å²) < 4.78 is 0. The molecule has 0 aromatic carbocycles. The quantitative estimate of drug-likeness (QED) is 0.663.